The van der Waals surface area contributed by atoms with Crippen molar-refractivity contribution in [2.24, 2.45) is 0 Å². The molecule has 0 amide bonds. The molecule has 1 aliphatic carbocycles. The smallest absolute Gasteiger partial charge is 0.129 e. The molecule has 17 heavy (non-hydrogen) atoms. The number of aliphatic hydroxyl groups excluding tert-OH is 1. The lowest BCUT2D eigenvalue weighted by Crippen LogP contribution is -2.41. The van der Waals surface area contributed by atoms with Crippen molar-refractivity contribution in [2.45, 2.75) is 38.6 Å². The molecule has 1 aromatic rings. The number of halogens is 1. The molecule has 1 aromatic heterocycles. The maximum absolute atomic E-state index is 8.98. The van der Waals surface area contributed by atoms with E-state index in [1.54, 1.807) is 0 Å². The van der Waals surface area contributed by atoms with Crippen LogP contribution in [0, 0.1) is 6.92 Å². The van der Waals surface area contributed by atoms with E-state index in [0.717, 1.165) is 29.0 Å². The molecule has 3 nitrogen and oxygen atoms in total. The van der Waals surface area contributed by atoms with E-state index >= 15 is 0 Å². The number of pyridine rings is 1. The Morgan fingerprint density at radius 3 is 2.76 bits per heavy atom. The predicted octanol–water partition coefficient (Wildman–Crippen LogP) is 2.89. The monoisotopic (exact) mass is 298 g/mol. The van der Waals surface area contributed by atoms with Crippen molar-refractivity contribution in [1.82, 2.24) is 4.98 Å². The minimum Gasteiger partial charge on any atom is -0.396 e. The number of rotatable bonds is 5. The van der Waals surface area contributed by atoms with Crippen LogP contribution in [0.5, 0.6) is 0 Å². The Bertz CT molecular complexity index is 380. The Morgan fingerprint density at radius 1 is 1.47 bits per heavy atom. The van der Waals surface area contributed by atoms with E-state index in [9.17, 15) is 0 Å². The van der Waals surface area contributed by atoms with Gasteiger partial charge in [0, 0.05) is 23.7 Å². The summed E-state index contributed by atoms with van der Waals surface area (Å²) in [6, 6.07) is 4.74. The SMILES string of the molecule is Cc1nc(N(CCCO)C2CCC2)ccc1Br. The average molecular weight is 299 g/mol. The highest BCUT2D eigenvalue weighted by atomic mass is 79.9. The van der Waals surface area contributed by atoms with Crippen molar-refractivity contribution in [2.75, 3.05) is 18.1 Å². The summed E-state index contributed by atoms with van der Waals surface area (Å²) >= 11 is 3.48. The zero-order valence-electron chi connectivity index (χ0n) is 10.2. The van der Waals surface area contributed by atoms with Gasteiger partial charge in [-0.25, -0.2) is 4.98 Å². The molecule has 2 rings (SSSR count). The van der Waals surface area contributed by atoms with Crippen molar-refractivity contribution in [3.63, 3.8) is 0 Å². The third-order valence-corrected chi connectivity index (χ3v) is 4.21. The second kappa shape index (κ2) is 5.83. The van der Waals surface area contributed by atoms with Gasteiger partial charge in [-0.1, -0.05) is 0 Å². The Kier molecular flexibility index (Phi) is 4.40. The van der Waals surface area contributed by atoms with Crippen molar-refractivity contribution in [3.8, 4) is 0 Å². The molecule has 1 saturated carbocycles. The summed E-state index contributed by atoms with van der Waals surface area (Å²) in [5, 5.41) is 8.98. The van der Waals surface area contributed by atoms with Crippen LogP contribution in [0.3, 0.4) is 0 Å². The molecular weight excluding hydrogens is 280 g/mol. The third kappa shape index (κ3) is 2.99. The molecule has 1 heterocycles. The van der Waals surface area contributed by atoms with Crippen molar-refractivity contribution >= 4 is 21.7 Å². The fourth-order valence-electron chi connectivity index (χ4n) is 2.11. The van der Waals surface area contributed by atoms with E-state index in [0.29, 0.717) is 6.04 Å². The van der Waals surface area contributed by atoms with Gasteiger partial charge in [0.05, 0.1) is 5.69 Å². The first-order chi connectivity index (χ1) is 8.22. The quantitative estimate of drug-likeness (QED) is 0.908. The molecule has 1 aliphatic rings. The first-order valence-corrected chi connectivity index (χ1v) is 7.02. The number of nitrogens with zero attached hydrogens (tertiary/aromatic N) is 2. The van der Waals surface area contributed by atoms with Gasteiger partial charge in [-0.05, 0) is 60.7 Å². The lowest BCUT2D eigenvalue weighted by Gasteiger charge is -2.38. The van der Waals surface area contributed by atoms with E-state index in [-0.39, 0.29) is 6.61 Å². The lowest BCUT2D eigenvalue weighted by molar-refractivity contribution is 0.282. The minimum atomic E-state index is 0.249. The van der Waals surface area contributed by atoms with Gasteiger partial charge < -0.3 is 10.0 Å². The maximum Gasteiger partial charge on any atom is 0.129 e. The third-order valence-electron chi connectivity index (χ3n) is 3.37. The van der Waals surface area contributed by atoms with E-state index < -0.39 is 0 Å². The van der Waals surface area contributed by atoms with Crippen LogP contribution >= 0.6 is 15.9 Å². The molecule has 0 aliphatic heterocycles. The van der Waals surface area contributed by atoms with Crippen LogP contribution in [0.1, 0.15) is 31.4 Å². The van der Waals surface area contributed by atoms with E-state index in [2.05, 4.69) is 37.9 Å². The van der Waals surface area contributed by atoms with Crippen LogP contribution in [0.25, 0.3) is 0 Å². The van der Waals surface area contributed by atoms with Crippen LogP contribution in [-0.2, 0) is 0 Å². The van der Waals surface area contributed by atoms with Gasteiger partial charge in [0.1, 0.15) is 5.82 Å². The van der Waals surface area contributed by atoms with Crippen molar-refractivity contribution in [3.05, 3.63) is 22.3 Å². The van der Waals surface area contributed by atoms with Gasteiger partial charge in [0.25, 0.3) is 0 Å². The molecule has 0 saturated heterocycles. The summed E-state index contributed by atoms with van der Waals surface area (Å²) in [5.41, 5.74) is 1.02. The second-order valence-electron chi connectivity index (χ2n) is 4.59. The molecule has 0 bridgehead atoms. The standard InChI is InChI=1S/C13H19BrN2O/c1-10-12(14)6-7-13(15-10)16(8-3-9-17)11-4-2-5-11/h6-7,11,17H,2-5,8-9H2,1H3. The number of aliphatic hydroxyl groups is 1. The second-order valence-corrected chi connectivity index (χ2v) is 5.45. The first kappa shape index (κ1) is 12.8. The van der Waals surface area contributed by atoms with Crippen LogP contribution < -0.4 is 4.90 Å². The first-order valence-electron chi connectivity index (χ1n) is 6.23. The van der Waals surface area contributed by atoms with Crippen molar-refractivity contribution in [1.29, 1.82) is 0 Å². The van der Waals surface area contributed by atoms with E-state index in [1.165, 1.54) is 19.3 Å². The Balaban J connectivity index is 2.15. The summed E-state index contributed by atoms with van der Waals surface area (Å²) in [5.74, 6) is 1.05. The van der Waals surface area contributed by atoms with Crippen LogP contribution in [0.4, 0.5) is 5.82 Å². The Morgan fingerprint density at radius 2 is 2.24 bits per heavy atom. The molecular formula is C13H19BrN2O. The molecule has 0 aromatic carbocycles. The maximum atomic E-state index is 8.98. The number of aryl methyl sites for hydroxylation is 1. The summed E-state index contributed by atoms with van der Waals surface area (Å²) in [6.45, 7) is 3.16. The average Bonchev–Trinajstić information content (AvgIpc) is 2.25. The molecule has 0 radical (unpaired) electrons. The van der Waals surface area contributed by atoms with E-state index in [1.807, 2.05) is 6.92 Å². The number of aromatic nitrogens is 1. The molecule has 0 atom stereocenters. The summed E-state index contributed by atoms with van der Waals surface area (Å²) in [4.78, 5) is 6.97. The highest BCUT2D eigenvalue weighted by Crippen LogP contribution is 2.29. The van der Waals surface area contributed by atoms with Gasteiger partial charge in [-0.3, -0.25) is 0 Å². The number of anilines is 1. The van der Waals surface area contributed by atoms with Gasteiger partial charge in [0.15, 0.2) is 0 Å². The van der Waals surface area contributed by atoms with Crippen LogP contribution in [0.2, 0.25) is 0 Å². The van der Waals surface area contributed by atoms with Crippen LogP contribution in [0.15, 0.2) is 16.6 Å². The number of hydrogen-bond donors (Lipinski definition) is 1. The molecule has 1 fully saturated rings. The zero-order chi connectivity index (χ0) is 12.3. The summed E-state index contributed by atoms with van der Waals surface area (Å²) in [7, 11) is 0. The number of hydrogen-bond acceptors (Lipinski definition) is 3. The fraction of sp³-hybridized carbons (Fsp3) is 0.615. The lowest BCUT2D eigenvalue weighted by atomic mass is 9.91. The highest BCUT2D eigenvalue weighted by Gasteiger charge is 2.25. The van der Waals surface area contributed by atoms with Gasteiger partial charge >= 0.3 is 0 Å². The van der Waals surface area contributed by atoms with Gasteiger partial charge in [-0.15, -0.1) is 0 Å². The fourth-order valence-corrected chi connectivity index (χ4v) is 2.34. The van der Waals surface area contributed by atoms with Crippen molar-refractivity contribution < 1.29 is 5.11 Å². The van der Waals surface area contributed by atoms with Gasteiger partial charge in [-0.2, -0.15) is 0 Å². The molecule has 1 N–H and O–H groups in total. The topological polar surface area (TPSA) is 36.4 Å². The largest absolute Gasteiger partial charge is 0.396 e. The normalized spacial score (nSPS) is 15.7. The zero-order valence-corrected chi connectivity index (χ0v) is 11.8. The molecule has 94 valence electrons. The highest BCUT2D eigenvalue weighted by molar-refractivity contribution is 9.10. The molecule has 0 spiro atoms. The van der Waals surface area contributed by atoms with Crippen LogP contribution in [-0.4, -0.2) is 29.3 Å². The van der Waals surface area contributed by atoms with E-state index in [4.69, 9.17) is 5.11 Å². The summed E-state index contributed by atoms with van der Waals surface area (Å²) < 4.78 is 1.05. The Labute approximate surface area is 111 Å². The molecule has 4 heteroatoms. The Hall–Kier alpha value is -0.610. The summed E-state index contributed by atoms with van der Waals surface area (Å²) in [6.07, 6.45) is 4.63. The predicted molar refractivity (Wildman–Crippen MR) is 73.4 cm³/mol. The molecule has 0 unspecified atom stereocenters. The minimum absolute atomic E-state index is 0.249. The van der Waals surface area contributed by atoms with Gasteiger partial charge in [0.2, 0.25) is 0 Å².